The van der Waals surface area contributed by atoms with E-state index in [-0.39, 0.29) is 10.8 Å². The lowest BCUT2D eigenvalue weighted by atomic mass is 9.82. The summed E-state index contributed by atoms with van der Waals surface area (Å²) in [5.74, 6) is 0. The van der Waals surface area contributed by atoms with Gasteiger partial charge in [-0.15, -0.1) is 0 Å². The normalized spacial score (nSPS) is 12.3. The molecule has 9 aromatic carbocycles. The number of hydrogen-bond donors (Lipinski definition) is 0. The Morgan fingerprint density at radius 3 is 0.735 bits per heavy atom. The van der Waals surface area contributed by atoms with Crippen molar-refractivity contribution in [2.75, 3.05) is 0 Å². The van der Waals surface area contributed by atoms with E-state index in [0.29, 0.717) is 0 Å². The molecule has 68 heavy (non-hydrogen) atoms. The fourth-order valence-electron chi connectivity index (χ4n) is 10.5. The minimum absolute atomic E-state index is 0.0470. The first-order valence-electron chi connectivity index (χ1n) is 24.2. The van der Waals surface area contributed by atoms with Crippen LogP contribution in [0.25, 0.3) is 99.5 Å². The number of hydrogen-bond acceptors (Lipinski definition) is 0. The molecule has 0 atom stereocenters. The molecule has 0 spiro atoms. The summed E-state index contributed by atoms with van der Waals surface area (Å²) in [6.07, 6.45) is 0. The van der Waals surface area contributed by atoms with E-state index in [9.17, 15) is 0 Å². The zero-order chi connectivity index (χ0) is 47.2. The van der Waals surface area contributed by atoms with E-state index >= 15 is 0 Å². The number of nitrogens with zero attached hydrogens (tertiary/aromatic N) is 2. The van der Waals surface area contributed by atoms with Crippen LogP contribution in [0.1, 0.15) is 74.9 Å². The van der Waals surface area contributed by atoms with Gasteiger partial charge in [0.15, 0.2) is 0 Å². The van der Waals surface area contributed by atoms with Crippen LogP contribution < -0.4 is 0 Å². The third kappa shape index (κ3) is 7.53. The first kappa shape index (κ1) is 43.2. The second-order valence-electron chi connectivity index (χ2n) is 21.4. The molecule has 0 unspecified atom stereocenters. The summed E-state index contributed by atoms with van der Waals surface area (Å²) in [6, 6.07) is 69.4. The van der Waals surface area contributed by atoms with Crippen molar-refractivity contribution in [1.29, 1.82) is 0 Å². The zero-order valence-electron chi connectivity index (χ0n) is 41.2. The smallest absolute Gasteiger partial charge is 0.0541 e. The Morgan fingerprint density at radius 2 is 0.500 bits per heavy atom. The highest BCUT2D eigenvalue weighted by atomic mass is 15.0. The fourth-order valence-corrected chi connectivity index (χ4v) is 10.5. The molecule has 2 aromatic heterocycles. The van der Waals surface area contributed by atoms with E-state index in [0.717, 1.165) is 11.4 Å². The lowest BCUT2D eigenvalue weighted by molar-refractivity contribution is 0.590. The minimum atomic E-state index is 0.0470. The van der Waals surface area contributed by atoms with Crippen molar-refractivity contribution in [3.63, 3.8) is 0 Å². The van der Waals surface area contributed by atoms with Crippen LogP contribution in [-0.4, -0.2) is 9.13 Å². The Morgan fingerprint density at radius 1 is 0.265 bits per heavy atom. The fraction of sp³-hybridized carbons (Fsp3) is 0.182. The zero-order valence-corrected chi connectivity index (χ0v) is 41.2. The van der Waals surface area contributed by atoms with Gasteiger partial charge in [-0.05, 0) is 179 Å². The van der Waals surface area contributed by atoms with Crippen LogP contribution in [-0.2, 0) is 10.8 Å². The molecular formula is C66H60N2. The van der Waals surface area contributed by atoms with E-state index in [1.54, 1.807) is 0 Å². The molecule has 0 amide bonds. The maximum absolute atomic E-state index is 2.46. The Kier molecular flexibility index (Phi) is 10.2. The third-order valence-corrected chi connectivity index (χ3v) is 14.3. The van der Waals surface area contributed by atoms with Crippen molar-refractivity contribution < 1.29 is 0 Å². The van der Waals surface area contributed by atoms with Crippen LogP contribution in [0.3, 0.4) is 0 Å². The summed E-state index contributed by atoms with van der Waals surface area (Å²) in [5.41, 5.74) is 24.6. The van der Waals surface area contributed by atoms with Gasteiger partial charge in [0.1, 0.15) is 0 Å². The number of aromatic nitrogens is 2. The predicted molar refractivity (Wildman–Crippen MR) is 293 cm³/mol. The molecule has 11 aromatic rings. The summed E-state index contributed by atoms with van der Waals surface area (Å²) >= 11 is 0. The summed E-state index contributed by atoms with van der Waals surface area (Å²) in [7, 11) is 0. The molecular weight excluding hydrogens is 821 g/mol. The Hall–Kier alpha value is -7.42. The highest BCUT2D eigenvalue weighted by Crippen LogP contribution is 2.44. The first-order chi connectivity index (χ1) is 32.6. The van der Waals surface area contributed by atoms with Crippen molar-refractivity contribution in [3.05, 3.63) is 215 Å². The topological polar surface area (TPSA) is 9.86 Å². The van der Waals surface area contributed by atoms with Gasteiger partial charge in [-0.25, -0.2) is 0 Å². The van der Waals surface area contributed by atoms with Gasteiger partial charge in [0.05, 0.1) is 22.1 Å². The average Bonchev–Trinajstić information content (AvgIpc) is 3.81. The van der Waals surface area contributed by atoms with Crippen molar-refractivity contribution in [2.45, 2.75) is 80.1 Å². The van der Waals surface area contributed by atoms with E-state index in [1.807, 2.05) is 0 Å². The van der Waals surface area contributed by atoms with Gasteiger partial charge in [-0.3, -0.25) is 0 Å². The highest BCUT2D eigenvalue weighted by molar-refractivity contribution is 6.11. The van der Waals surface area contributed by atoms with Crippen LogP contribution in [0, 0.1) is 27.7 Å². The van der Waals surface area contributed by atoms with Gasteiger partial charge < -0.3 is 9.13 Å². The molecule has 0 saturated carbocycles. The summed E-state index contributed by atoms with van der Waals surface area (Å²) in [5, 5.41) is 5.17. The quantitative estimate of drug-likeness (QED) is 0.157. The lowest BCUT2D eigenvalue weighted by Crippen LogP contribution is -2.10. The largest absolute Gasteiger partial charge is 0.309 e. The molecule has 0 aliphatic rings. The van der Waals surface area contributed by atoms with Gasteiger partial charge in [-0.1, -0.05) is 161 Å². The van der Waals surface area contributed by atoms with Gasteiger partial charge in [0.25, 0.3) is 0 Å². The monoisotopic (exact) mass is 880 g/mol. The third-order valence-electron chi connectivity index (χ3n) is 14.3. The van der Waals surface area contributed by atoms with E-state index in [1.165, 1.54) is 122 Å². The summed E-state index contributed by atoms with van der Waals surface area (Å²) in [6.45, 7) is 22.5. The number of benzene rings is 9. The number of rotatable bonds is 6. The van der Waals surface area contributed by atoms with Crippen molar-refractivity contribution in [2.24, 2.45) is 0 Å². The molecule has 0 radical (unpaired) electrons. The van der Waals surface area contributed by atoms with Gasteiger partial charge in [0.2, 0.25) is 0 Å². The van der Waals surface area contributed by atoms with E-state index in [2.05, 4.69) is 260 Å². The molecule has 2 nitrogen and oxygen atoms in total. The van der Waals surface area contributed by atoms with Crippen molar-refractivity contribution >= 4 is 43.6 Å². The van der Waals surface area contributed by atoms with Crippen molar-refractivity contribution in [1.82, 2.24) is 9.13 Å². The molecule has 0 N–H and O–H groups in total. The SMILES string of the molecule is Cc1ccc2c(c1)c1cc(C)ccc1n2-c1ccc(-c2cc(-c3ccc(C(C)(C)C)cc3)c(-c3ccc(-n4c5ccc(C)cc5c5cc(C)ccc54)cc3)cc2-c2ccc(C(C)(C)C)cc2)cc1. The first-order valence-corrected chi connectivity index (χ1v) is 24.2. The van der Waals surface area contributed by atoms with E-state index in [4.69, 9.17) is 0 Å². The molecule has 0 aliphatic carbocycles. The molecule has 334 valence electrons. The van der Waals surface area contributed by atoms with Crippen LogP contribution in [0.15, 0.2) is 182 Å². The second kappa shape index (κ2) is 16.1. The maximum Gasteiger partial charge on any atom is 0.0541 e. The Labute approximate surface area is 402 Å². The molecule has 0 fully saturated rings. The minimum Gasteiger partial charge on any atom is -0.309 e. The predicted octanol–water partition coefficient (Wildman–Crippen LogP) is 18.4. The summed E-state index contributed by atoms with van der Waals surface area (Å²) < 4.78 is 4.85. The van der Waals surface area contributed by atoms with Crippen LogP contribution >= 0.6 is 0 Å². The summed E-state index contributed by atoms with van der Waals surface area (Å²) in [4.78, 5) is 0. The van der Waals surface area contributed by atoms with Crippen molar-refractivity contribution in [3.8, 4) is 55.9 Å². The second-order valence-corrected chi connectivity index (χ2v) is 21.4. The average molecular weight is 881 g/mol. The molecule has 2 heteroatoms. The lowest BCUT2D eigenvalue weighted by Gasteiger charge is -2.22. The molecule has 0 bridgehead atoms. The number of aryl methyl sites for hydroxylation is 4. The standard InChI is InChI=1S/C66H60N2/c1-41-11-31-61-57(35-41)58-36-42(2)12-32-62(58)67(61)51-27-19-47(20-28-51)55-39-54(46-17-25-50(26-18-46)66(8,9)10)56(40-53(55)45-15-23-49(24-16-45)65(5,6)7)48-21-29-52(30-22-48)68-63-33-13-43(3)37-59(63)60-38-44(4)14-34-64(60)68/h11-40H,1-10H3. The van der Waals surface area contributed by atoms with Gasteiger partial charge in [-0.2, -0.15) is 0 Å². The highest BCUT2D eigenvalue weighted by Gasteiger charge is 2.21. The maximum atomic E-state index is 2.46. The molecule has 2 heterocycles. The van der Waals surface area contributed by atoms with Gasteiger partial charge in [0, 0.05) is 32.9 Å². The Bertz CT molecular complexity index is 3360. The van der Waals surface area contributed by atoms with Crippen LogP contribution in [0.4, 0.5) is 0 Å². The van der Waals surface area contributed by atoms with Crippen LogP contribution in [0.2, 0.25) is 0 Å². The van der Waals surface area contributed by atoms with Crippen LogP contribution in [0.5, 0.6) is 0 Å². The molecule has 0 saturated heterocycles. The number of fused-ring (bicyclic) bond motifs is 6. The van der Waals surface area contributed by atoms with E-state index < -0.39 is 0 Å². The van der Waals surface area contributed by atoms with Gasteiger partial charge >= 0.3 is 0 Å². The molecule has 11 rings (SSSR count). The Balaban J connectivity index is 1.11. The molecule has 0 aliphatic heterocycles.